The first kappa shape index (κ1) is 15.1. The topological polar surface area (TPSA) is 29.5 Å². The van der Waals surface area contributed by atoms with Crippen LogP contribution in [0.15, 0.2) is 40.9 Å². The zero-order valence-electron chi connectivity index (χ0n) is 12.0. The van der Waals surface area contributed by atoms with Crippen molar-refractivity contribution < 1.29 is 9.84 Å². The summed E-state index contributed by atoms with van der Waals surface area (Å²) in [4.78, 5) is 0. The Morgan fingerprint density at radius 3 is 2.65 bits per heavy atom. The van der Waals surface area contributed by atoms with E-state index in [1.807, 2.05) is 44.2 Å². The number of rotatable bonds is 4. The first-order valence-electron chi connectivity index (χ1n) is 6.59. The van der Waals surface area contributed by atoms with Crippen LogP contribution in [0.4, 0.5) is 0 Å². The van der Waals surface area contributed by atoms with Crippen LogP contribution in [-0.2, 0) is 6.42 Å². The van der Waals surface area contributed by atoms with E-state index in [0.29, 0.717) is 6.42 Å². The quantitative estimate of drug-likeness (QED) is 0.900. The van der Waals surface area contributed by atoms with Crippen molar-refractivity contribution >= 4 is 15.9 Å². The summed E-state index contributed by atoms with van der Waals surface area (Å²) < 4.78 is 6.34. The van der Waals surface area contributed by atoms with Crippen molar-refractivity contribution in [3.63, 3.8) is 0 Å². The molecule has 106 valence electrons. The van der Waals surface area contributed by atoms with Crippen LogP contribution in [-0.4, -0.2) is 12.2 Å². The molecule has 0 bridgehead atoms. The SMILES string of the molecule is COc1ccc(C)cc1CC(O)c1cccc(C)c1Br. The minimum atomic E-state index is -0.556. The van der Waals surface area contributed by atoms with Crippen LogP contribution in [0, 0.1) is 13.8 Å². The van der Waals surface area contributed by atoms with Crippen molar-refractivity contribution in [3.05, 3.63) is 63.1 Å². The molecule has 0 aliphatic heterocycles. The number of benzene rings is 2. The van der Waals surface area contributed by atoms with Gasteiger partial charge in [0.1, 0.15) is 5.75 Å². The lowest BCUT2D eigenvalue weighted by molar-refractivity contribution is 0.176. The van der Waals surface area contributed by atoms with Gasteiger partial charge in [0.05, 0.1) is 13.2 Å². The molecule has 2 aromatic carbocycles. The summed E-state index contributed by atoms with van der Waals surface area (Å²) in [6, 6.07) is 12.0. The summed E-state index contributed by atoms with van der Waals surface area (Å²) in [6.07, 6.45) is -0.0209. The number of aliphatic hydroxyl groups excluding tert-OH is 1. The summed E-state index contributed by atoms with van der Waals surface area (Å²) in [5, 5.41) is 10.5. The van der Waals surface area contributed by atoms with Crippen molar-refractivity contribution in [2.24, 2.45) is 0 Å². The molecule has 0 saturated carbocycles. The van der Waals surface area contributed by atoms with Crippen LogP contribution in [0.2, 0.25) is 0 Å². The zero-order valence-corrected chi connectivity index (χ0v) is 13.6. The number of halogens is 1. The van der Waals surface area contributed by atoms with Gasteiger partial charge in [0, 0.05) is 10.9 Å². The van der Waals surface area contributed by atoms with Gasteiger partial charge in [-0.15, -0.1) is 0 Å². The fraction of sp³-hybridized carbons (Fsp3) is 0.294. The fourth-order valence-corrected chi connectivity index (χ4v) is 2.84. The molecule has 0 aromatic heterocycles. The Morgan fingerprint density at radius 2 is 1.95 bits per heavy atom. The molecule has 3 heteroatoms. The lowest BCUT2D eigenvalue weighted by Gasteiger charge is -2.16. The standard InChI is InChI=1S/C17H19BrO2/c1-11-7-8-16(20-3)13(9-11)10-15(19)14-6-4-5-12(2)17(14)18/h4-9,15,19H,10H2,1-3H3. The highest BCUT2D eigenvalue weighted by atomic mass is 79.9. The van der Waals surface area contributed by atoms with Gasteiger partial charge >= 0.3 is 0 Å². The smallest absolute Gasteiger partial charge is 0.122 e. The van der Waals surface area contributed by atoms with E-state index in [-0.39, 0.29) is 0 Å². The van der Waals surface area contributed by atoms with Gasteiger partial charge in [-0.2, -0.15) is 0 Å². The van der Waals surface area contributed by atoms with Crippen molar-refractivity contribution in [2.75, 3.05) is 7.11 Å². The Morgan fingerprint density at radius 1 is 1.20 bits per heavy atom. The monoisotopic (exact) mass is 334 g/mol. The second-order valence-electron chi connectivity index (χ2n) is 5.01. The number of aliphatic hydroxyl groups is 1. The molecule has 2 aromatic rings. The Kier molecular flexibility index (Phi) is 4.84. The molecule has 2 nitrogen and oxygen atoms in total. The van der Waals surface area contributed by atoms with Crippen LogP contribution >= 0.6 is 15.9 Å². The maximum atomic E-state index is 10.5. The summed E-state index contributed by atoms with van der Waals surface area (Å²) in [5.74, 6) is 0.818. The number of ether oxygens (including phenoxy) is 1. The van der Waals surface area contributed by atoms with Crippen molar-refractivity contribution in [1.82, 2.24) is 0 Å². The first-order valence-corrected chi connectivity index (χ1v) is 7.39. The van der Waals surface area contributed by atoms with E-state index >= 15 is 0 Å². The van der Waals surface area contributed by atoms with Gasteiger partial charge in [-0.1, -0.05) is 51.8 Å². The molecule has 0 aliphatic rings. The summed E-state index contributed by atoms with van der Waals surface area (Å²) in [7, 11) is 1.66. The number of methoxy groups -OCH3 is 1. The Hall–Kier alpha value is -1.32. The second-order valence-corrected chi connectivity index (χ2v) is 5.81. The molecular weight excluding hydrogens is 316 g/mol. The van der Waals surface area contributed by atoms with E-state index in [2.05, 4.69) is 22.0 Å². The summed E-state index contributed by atoms with van der Waals surface area (Å²) in [6.45, 7) is 4.06. The zero-order chi connectivity index (χ0) is 14.7. The molecule has 0 amide bonds. The highest BCUT2D eigenvalue weighted by molar-refractivity contribution is 9.10. The van der Waals surface area contributed by atoms with Crippen LogP contribution in [0.25, 0.3) is 0 Å². The van der Waals surface area contributed by atoms with E-state index in [9.17, 15) is 5.11 Å². The van der Waals surface area contributed by atoms with Crippen molar-refractivity contribution in [1.29, 1.82) is 0 Å². The van der Waals surface area contributed by atoms with Crippen LogP contribution in [0.5, 0.6) is 5.75 Å². The summed E-state index contributed by atoms with van der Waals surface area (Å²) in [5.41, 5.74) is 4.22. The number of hydrogen-bond donors (Lipinski definition) is 1. The number of aryl methyl sites for hydroxylation is 2. The van der Waals surface area contributed by atoms with Gasteiger partial charge in [-0.3, -0.25) is 0 Å². The molecule has 0 spiro atoms. The average Bonchev–Trinajstić information content (AvgIpc) is 2.42. The largest absolute Gasteiger partial charge is 0.496 e. The van der Waals surface area contributed by atoms with E-state index < -0.39 is 6.10 Å². The Bertz CT molecular complexity index is 608. The van der Waals surface area contributed by atoms with E-state index in [4.69, 9.17) is 4.74 Å². The molecule has 1 unspecified atom stereocenters. The predicted octanol–water partition coefficient (Wildman–Crippen LogP) is 4.35. The molecule has 0 saturated heterocycles. The normalized spacial score (nSPS) is 12.2. The van der Waals surface area contributed by atoms with Gasteiger partial charge in [0.2, 0.25) is 0 Å². The molecular formula is C17H19BrO2. The molecule has 1 atom stereocenters. The van der Waals surface area contributed by atoms with Gasteiger partial charge in [-0.25, -0.2) is 0 Å². The van der Waals surface area contributed by atoms with Crippen LogP contribution < -0.4 is 4.74 Å². The molecule has 2 rings (SSSR count). The van der Waals surface area contributed by atoms with Crippen molar-refractivity contribution in [2.45, 2.75) is 26.4 Å². The van der Waals surface area contributed by atoms with E-state index in [1.54, 1.807) is 7.11 Å². The van der Waals surface area contributed by atoms with Crippen molar-refractivity contribution in [3.8, 4) is 5.75 Å². The Labute approximate surface area is 128 Å². The van der Waals surface area contributed by atoms with E-state index in [1.165, 1.54) is 0 Å². The van der Waals surface area contributed by atoms with Crippen LogP contribution in [0.1, 0.15) is 28.4 Å². The highest BCUT2D eigenvalue weighted by Gasteiger charge is 2.15. The maximum Gasteiger partial charge on any atom is 0.122 e. The molecule has 1 N–H and O–H groups in total. The lowest BCUT2D eigenvalue weighted by atomic mass is 9.98. The third-order valence-electron chi connectivity index (χ3n) is 3.43. The minimum Gasteiger partial charge on any atom is -0.496 e. The van der Waals surface area contributed by atoms with E-state index in [0.717, 1.165) is 32.5 Å². The molecule has 20 heavy (non-hydrogen) atoms. The lowest BCUT2D eigenvalue weighted by Crippen LogP contribution is -2.05. The minimum absolute atomic E-state index is 0.535. The molecule has 0 radical (unpaired) electrons. The first-order chi connectivity index (χ1) is 9.52. The summed E-state index contributed by atoms with van der Waals surface area (Å²) >= 11 is 3.55. The van der Waals surface area contributed by atoms with Gasteiger partial charge in [0.25, 0.3) is 0 Å². The molecule has 0 heterocycles. The third-order valence-corrected chi connectivity index (χ3v) is 4.51. The van der Waals surface area contributed by atoms with Gasteiger partial charge in [-0.05, 0) is 36.6 Å². The number of hydrogen-bond acceptors (Lipinski definition) is 2. The second kappa shape index (κ2) is 6.42. The fourth-order valence-electron chi connectivity index (χ4n) is 2.31. The van der Waals surface area contributed by atoms with Gasteiger partial charge < -0.3 is 9.84 Å². The average molecular weight is 335 g/mol. The predicted molar refractivity (Wildman–Crippen MR) is 85.3 cm³/mol. The molecule has 0 aliphatic carbocycles. The molecule has 0 fully saturated rings. The highest BCUT2D eigenvalue weighted by Crippen LogP contribution is 2.31. The maximum absolute atomic E-state index is 10.5. The van der Waals surface area contributed by atoms with Crippen LogP contribution in [0.3, 0.4) is 0 Å². The third kappa shape index (κ3) is 3.22. The Balaban J connectivity index is 2.30. The van der Waals surface area contributed by atoms with Gasteiger partial charge in [0.15, 0.2) is 0 Å².